The summed E-state index contributed by atoms with van der Waals surface area (Å²) >= 11 is 0. The number of hydrogen-bond acceptors (Lipinski definition) is 6. The average molecular weight is 265 g/mol. The number of nitrogens with zero attached hydrogens (tertiary/aromatic N) is 1. The van der Waals surface area contributed by atoms with Crippen molar-refractivity contribution in [3.8, 4) is 5.75 Å². The third-order valence-electron chi connectivity index (χ3n) is 2.53. The summed E-state index contributed by atoms with van der Waals surface area (Å²) in [5.74, 6) is 0.250. The van der Waals surface area contributed by atoms with Crippen LogP contribution in [0.5, 0.6) is 5.75 Å². The maximum atomic E-state index is 10.7. The largest absolute Gasteiger partial charge is 0.495 e. The van der Waals surface area contributed by atoms with Crippen molar-refractivity contribution in [2.45, 2.75) is 12.5 Å². The zero-order chi connectivity index (χ0) is 13.7. The van der Waals surface area contributed by atoms with Crippen molar-refractivity contribution in [2.24, 2.45) is 0 Å². The molecule has 0 aliphatic heterocycles. The molecule has 1 aromatic carbocycles. The number of aliphatic hydroxyl groups is 1. The first-order valence-corrected chi connectivity index (χ1v) is 5.78. The molecule has 1 aromatic heterocycles. The first kappa shape index (κ1) is 13.2. The van der Waals surface area contributed by atoms with Crippen LogP contribution in [-0.2, 0) is 6.42 Å². The summed E-state index contributed by atoms with van der Waals surface area (Å²) in [6.45, 7) is 0.289. The van der Waals surface area contributed by atoms with E-state index in [1.54, 1.807) is 7.11 Å². The van der Waals surface area contributed by atoms with Gasteiger partial charge in [-0.15, -0.1) is 5.10 Å². The number of methoxy groups -OCH3 is 1. The summed E-state index contributed by atoms with van der Waals surface area (Å²) in [5, 5.41) is 18.6. The second-order valence-corrected chi connectivity index (χ2v) is 3.95. The van der Waals surface area contributed by atoms with Gasteiger partial charge in [0.05, 0.1) is 25.3 Å². The lowest BCUT2D eigenvalue weighted by Gasteiger charge is -2.13. The molecule has 0 spiro atoms. The Morgan fingerprint density at radius 1 is 1.53 bits per heavy atom. The minimum Gasteiger partial charge on any atom is -0.495 e. The molecule has 2 rings (SSSR count). The van der Waals surface area contributed by atoms with E-state index in [1.807, 2.05) is 24.3 Å². The minimum atomic E-state index is -0.726. The fourth-order valence-corrected chi connectivity index (χ4v) is 1.64. The molecule has 1 heterocycles. The first-order valence-electron chi connectivity index (χ1n) is 5.78. The summed E-state index contributed by atoms with van der Waals surface area (Å²) in [5.41, 5.74) is 0.785. The van der Waals surface area contributed by atoms with Gasteiger partial charge >= 0.3 is 5.76 Å². The summed E-state index contributed by atoms with van der Waals surface area (Å²) in [7, 11) is 1.58. The molecular weight excluding hydrogens is 250 g/mol. The van der Waals surface area contributed by atoms with Gasteiger partial charge in [0.2, 0.25) is 5.89 Å². The van der Waals surface area contributed by atoms with E-state index in [9.17, 15) is 9.90 Å². The third kappa shape index (κ3) is 3.59. The van der Waals surface area contributed by atoms with E-state index in [2.05, 4.69) is 15.5 Å². The molecule has 3 N–H and O–H groups in total. The van der Waals surface area contributed by atoms with Gasteiger partial charge in [0.15, 0.2) is 0 Å². The Hall–Kier alpha value is -2.28. The van der Waals surface area contributed by atoms with Crippen LogP contribution >= 0.6 is 0 Å². The van der Waals surface area contributed by atoms with Gasteiger partial charge in [0.25, 0.3) is 0 Å². The highest BCUT2D eigenvalue weighted by molar-refractivity contribution is 5.56. The van der Waals surface area contributed by atoms with Gasteiger partial charge in [0.1, 0.15) is 5.75 Å². The van der Waals surface area contributed by atoms with Gasteiger partial charge in [0, 0.05) is 6.54 Å². The molecule has 102 valence electrons. The Morgan fingerprint density at radius 2 is 2.32 bits per heavy atom. The number of aliphatic hydroxyl groups excluding tert-OH is 1. The van der Waals surface area contributed by atoms with E-state index in [1.165, 1.54) is 0 Å². The van der Waals surface area contributed by atoms with Crippen molar-refractivity contribution < 1.29 is 14.3 Å². The van der Waals surface area contributed by atoms with Crippen LogP contribution < -0.4 is 15.8 Å². The highest BCUT2D eigenvalue weighted by atomic mass is 16.5. The van der Waals surface area contributed by atoms with Crippen LogP contribution in [0.4, 0.5) is 5.69 Å². The molecule has 19 heavy (non-hydrogen) atoms. The Morgan fingerprint density at radius 3 is 3.00 bits per heavy atom. The standard InChI is InChI=1S/C12H15N3O4/c1-18-10-5-3-2-4-9(10)13-7-8(16)6-11-14-15-12(17)19-11/h2-5,8,13,16H,6-7H2,1H3,(H,15,17). The van der Waals surface area contributed by atoms with Crippen LogP contribution in [0.1, 0.15) is 5.89 Å². The highest BCUT2D eigenvalue weighted by Gasteiger charge is 2.11. The van der Waals surface area contributed by atoms with E-state index < -0.39 is 11.9 Å². The normalized spacial score (nSPS) is 12.1. The fourth-order valence-electron chi connectivity index (χ4n) is 1.64. The molecule has 0 aliphatic rings. The smallest absolute Gasteiger partial charge is 0.434 e. The van der Waals surface area contributed by atoms with Crippen LogP contribution in [0.15, 0.2) is 33.5 Å². The quantitative estimate of drug-likeness (QED) is 0.698. The molecule has 0 bridgehead atoms. The summed E-state index contributed by atoms with van der Waals surface area (Å²) in [6, 6.07) is 7.39. The number of nitrogens with one attached hydrogen (secondary N) is 2. The van der Waals surface area contributed by atoms with Crippen LogP contribution in [-0.4, -0.2) is 35.1 Å². The number of H-pyrrole nitrogens is 1. The van der Waals surface area contributed by atoms with Gasteiger partial charge in [-0.1, -0.05) is 12.1 Å². The van der Waals surface area contributed by atoms with E-state index in [0.717, 1.165) is 5.69 Å². The molecule has 0 saturated heterocycles. The Balaban J connectivity index is 1.89. The van der Waals surface area contributed by atoms with Gasteiger partial charge in [-0.3, -0.25) is 0 Å². The van der Waals surface area contributed by atoms with E-state index >= 15 is 0 Å². The fraction of sp³-hybridized carbons (Fsp3) is 0.333. The van der Waals surface area contributed by atoms with Crippen molar-refractivity contribution in [1.82, 2.24) is 10.2 Å². The van der Waals surface area contributed by atoms with Crippen molar-refractivity contribution >= 4 is 5.69 Å². The Labute approximate surface area is 109 Å². The number of anilines is 1. The predicted molar refractivity (Wildman–Crippen MR) is 68.3 cm³/mol. The monoisotopic (exact) mass is 265 g/mol. The SMILES string of the molecule is COc1ccccc1NCC(O)Cc1n[nH]c(=O)o1. The predicted octanol–water partition coefficient (Wildman–Crippen LogP) is 0.387. The Bertz CT molecular complexity index is 578. The molecule has 0 aliphatic carbocycles. The number of benzene rings is 1. The number of aromatic nitrogens is 2. The minimum absolute atomic E-state index is 0.154. The number of hydrogen-bond donors (Lipinski definition) is 3. The molecule has 7 nitrogen and oxygen atoms in total. The number of ether oxygens (including phenoxy) is 1. The molecule has 0 fully saturated rings. The van der Waals surface area contributed by atoms with Crippen LogP contribution in [0.2, 0.25) is 0 Å². The summed E-state index contributed by atoms with van der Waals surface area (Å²) in [4.78, 5) is 10.7. The lowest BCUT2D eigenvalue weighted by atomic mass is 10.2. The van der Waals surface area contributed by atoms with Crippen molar-refractivity contribution in [1.29, 1.82) is 0 Å². The number of rotatable bonds is 6. The molecule has 0 radical (unpaired) electrons. The van der Waals surface area contributed by atoms with Gasteiger partial charge in [-0.2, -0.15) is 0 Å². The average Bonchev–Trinajstić information content (AvgIpc) is 2.82. The van der Waals surface area contributed by atoms with Crippen molar-refractivity contribution in [3.63, 3.8) is 0 Å². The molecule has 1 unspecified atom stereocenters. The van der Waals surface area contributed by atoms with E-state index in [-0.39, 0.29) is 18.9 Å². The molecule has 0 amide bonds. The second-order valence-electron chi connectivity index (χ2n) is 3.95. The third-order valence-corrected chi connectivity index (χ3v) is 2.53. The number of para-hydroxylation sites is 2. The maximum Gasteiger partial charge on any atom is 0.434 e. The van der Waals surface area contributed by atoms with E-state index in [0.29, 0.717) is 5.75 Å². The maximum absolute atomic E-state index is 10.7. The molecule has 7 heteroatoms. The van der Waals surface area contributed by atoms with Crippen LogP contribution in [0.25, 0.3) is 0 Å². The lowest BCUT2D eigenvalue weighted by Crippen LogP contribution is -2.22. The molecule has 1 atom stereocenters. The lowest BCUT2D eigenvalue weighted by molar-refractivity contribution is 0.177. The molecule has 0 saturated carbocycles. The van der Waals surface area contributed by atoms with Crippen molar-refractivity contribution in [3.05, 3.63) is 40.7 Å². The van der Waals surface area contributed by atoms with Crippen LogP contribution in [0, 0.1) is 0 Å². The first-order chi connectivity index (χ1) is 9.19. The highest BCUT2D eigenvalue weighted by Crippen LogP contribution is 2.22. The molecular formula is C12H15N3O4. The second kappa shape index (κ2) is 6.05. The van der Waals surface area contributed by atoms with Gasteiger partial charge < -0.3 is 19.6 Å². The van der Waals surface area contributed by atoms with Crippen molar-refractivity contribution in [2.75, 3.05) is 19.0 Å². The summed E-state index contributed by atoms with van der Waals surface area (Å²) < 4.78 is 9.89. The van der Waals surface area contributed by atoms with Gasteiger partial charge in [-0.05, 0) is 12.1 Å². The number of aromatic amines is 1. The topological polar surface area (TPSA) is 100 Å². The van der Waals surface area contributed by atoms with E-state index in [4.69, 9.17) is 9.15 Å². The molecule has 2 aromatic rings. The zero-order valence-electron chi connectivity index (χ0n) is 10.4. The Kier molecular flexibility index (Phi) is 4.19. The van der Waals surface area contributed by atoms with Gasteiger partial charge in [-0.25, -0.2) is 9.89 Å². The van der Waals surface area contributed by atoms with Crippen LogP contribution in [0.3, 0.4) is 0 Å². The zero-order valence-corrected chi connectivity index (χ0v) is 10.4. The summed E-state index contributed by atoms with van der Waals surface area (Å²) in [6.07, 6.45) is -0.572.